The molecule has 0 bridgehead atoms. The maximum Gasteiger partial charge on any atom is 0.230 e. The smallest absolute Gasteiger partial charge is 0.230 e. The quantitative estimate of drug-likeness (QED) is 0.618. The van der Waals surface area contributed by atoms with Crippen LogP contribution in [0.2, 0.25) is 0 Å². The number of para-hydroxylation sites is 2. The molecule has 1 fully saturated rings. The van der Waals surface area contributed by atoms with Gasteiger partial charge in [0.15, 0.2) is 0 Å². The van der Waals surface area contributed by atoms with Gasteiger partial charge in [0.05, 0.1) is 5.69 Å². The number of nitrogens with one attached hydrogen (secondary N) is 1. The molecule has 2 heterocycles. The van der Waals surface area contributed by atoms with Crippen molar-refractivity contribution in [3.63, 3.8) is 0 Å². The number of piperazine rings is 1. The van der Waals surface area contributed by atoms with Crippen molar-refractivity contribution in [2.45, 2.75) is 32.0 Å². The summed E-state index contributed by atoms with van der Waals surface area (Å²) in [7, 11) is 0. The molecule has 22 heavy (non-hydrogen) atoms. The Morgan fingerprint density at radius 3 is 2.73 bits per heavy atom. The lowest BCUT2D eigenvalue weighted by atomic mass is 10.2. The van der Waals surface area contributed by atoms with E-state index >= 15 is 0 Å². The summed E-state index contributed by atoms with van der Waals surface area (Å²) in [6, 6.07) is 8.11. The highest BCUT2D eigenvalue weighted by molar-refractivity contribution is 5.59. The van der Waals surface area contributed by atoms with E-state index in [1.807, 2.05) is 18.2 Å². The summed E-state index contributed by atoms with van der Waals surface area (Å²) in [5.74, 6) is 0.949. The number of unbranched alkanes of at least 4 members (excludes halogenated alkanes) is 3. The van der Waals surface area contributed by atoms with E-state index in [-0.39, 0.29) is 6.35 Å². The van der Waals surface area contributed by atoms with Crippen LogP contribution in [0.1, 0.15) is 25.7 Å². The minimum Gasteiger partial charge on any atom is -0.455 e. The predicted molar refractivity (Wildman–Crippen MR) is 87.0 cm³/mol. The lowest BCUT2D eigenvalue weighted by Gasteiger charge is -2.37. The molecule has 120 valence electrons. The van der Waals surface area contributed by atoms with Crippen LogP contribution < -0.4 is 10.1 Å². The number of fused-ring (bicyclic) bond motifs is 1. The fourth-order valence-corrected chi connectivity index (χ4v) is 3.10. The van der Waals surface area contributed by atoms with Gasteiger partial charge in [0.1, 0.15) is 12.0 Å². The molecular formula is C17H25N3O2. The van der Waals surface area contributed by atoms with Crippen LogP contribution in [0.4, 0.5) is 5.69 Å². The summed E-state index contributed by atoms with van der Waals surface area (Å²) in [5, 5.41) is 3.44. The van der Waals surface area contributed by atoms with Crippen LogP contribution in [0.25, 0.3) is 0 Å². The minimum atomic E-state index is -0.0212. The Bertz CT molecular complexity index is 462. The Kier molecular flexibility index (Phi) is 5.29. The van der Waals surface area contributed by atoms with Gasteiger partial charge in [-0.3, -0.25) is 0 Å². The molecule has 3 rings (SSSR count). The average molecular weight is 303 g/mol. The van der Waals surface area contributed by atoms with E-state index in [2.05, 4.69) is 21.2 Å². The van der Waals surface area contributed by atoms with E-state index in [4.69, 9.17) is 4.74 Å². The number of benzene rings is 1. The van der Waals surface area contributed by atoms with Gasteiger partial charge >= 0.3 is 0 Å². The standard InChI is InChI=1S/C17H25N3O2/c21-14-6-2-1-5-9-19-10-12-20(13-11-19)17-18-15-7-3-4-8-16(15)22-17/h3-4,7-8,14,17-18H,1-2,5-6,9-13H2. The van der Waals surface area contributed by atoms with E-state index in [0.29, 0.717) is 6.42 Å². The van der Waals surface area contributed by atoms with Crippen molar-refractivity contribution in [3.05, 3.63) is 24.3 Å². The molecule has 0 radical (unpaired) electrons. The number of rotatable bonds is 7. The van der Waals surface area contributed by atoms with Gasteiger partial charge in [-0.25, -0.2) is 4.90 Å². The summed E-state index contributed by atoms with van der Waals surface area (Å²) in [4.78, 5) is 15.2. The molecule has 0 aliphatic carbocycles. The lowest BCUT2D eigenvalue weighted by Crippen LogP contribution is -2.53. The van der Waals surface area contributed by atoms with Crippen molar-refractivity contribution >= 4 is 12.0 Å². The van der Waals surface area contributed by atoms with E-state index in [1.165, 1.54) is 6.42 Å². The number of hydrogen-bond acceptors (Lipinski definition) is 5. The zero-order valence-electron chi connectivity index (χ0n) is 13.0. The first-order chi connectivity index (χ1) is 10.9. The maximum absolute atomic E-state index is 10.3. The van der Waals surface area contributed by atoms with Crippen molar-refractivity contribution in [3.8, 4) is 5.75 Å². The summed E-state index contributed by atoms with van der Waals surface area (Å²) in [6.07, 6.45) is 5.08. The number of aldehydes is 1. The monoisotopic (exact) mass is 303 g/mol. The van der Waals surface area contributed by atoms with E-state index in [1.54, 1.807) is 0 Å². The molecule has 5 nitrogen and oxygen atoms in total. The zero-order chi connectivity index (χ0) is 15.2. The Balaban J connectivity index is 1.37. The highest BCUT2D eigenvalue weighted by atomic mass is 16.5. The second kappa shape index (κ2) is 7.61. The fraction of sp³-hybridized carbons (Fsp3) is 0.588. The number of nitrogens with zero attached hydrogens (tertiary/aromatic N) is 2. The first-order valence-corrected chi connectivity index (χ1v) is 8.29. The topological polar surface area (TPSA) is 44.8 Å². The first-order valence-electron chi connectivity index (χ1n) is 8.29. The van der Waals surface area contributed by atoms with Crippen LogP contribution in [-0.4, -0.2) is 55.2 Å². The largest absolute Gasteiger partial charge is 0.455 e. The molecule has 1 atom stereocenters. The second-order valence-corrected chi connectivity index (χ2v) is 6.00. The van der Waals surface area contributed by atoms with E-state index in [9.17, 15) is 4.79 Å². The predicted octanol–water partition coefficient (Wildman–Crippen LogP) is 2.15. The Hall–Kier alpha value is -1.59. The SMILES string of the molecule is O=CCCCCCN1CCN(C2Nc3ccccc3O2)CC1. The van der Waals surface area contributed by atoms with Crippen LogP contribution in [-0.2, 0) is 4.79 Å². The van der Waals surface area contributed by atoms with Crippen LogP contribution in [0.5, 0.6) is 5.75 Å². The van der Waals surface area contributed by atoms with Gasteiger partial charge in [0, 0.05) is 32.6 Å². The Morgan fingerprint density at radius 1 is 1.14 bits per heavy atom. The van der Waals surface area contributed by atoms with Crippen molar-refractivity contribution in [1.29, 1.82) is 0 Å². The third-order valence-corrected chi connectivity index (χ3v) is 4.44. The van der Waals surface area contributed by atoms with Crippen molar-refractivity contribution in [1.82, 2.24) is 9.80 Å². The average Bonchev–Trinajstić information content (AvgIpc) is 2.99. The van der Waals surface area contributed by atoms with Gasteiger partial charge in [-0.05, 0) is 31.5 Å². The Labute approximate surface area is 132 Å². The van der Waals surface area contributed by atoms with Crippen molar-refractivity contribution in [2.24, 2.45) is 0 Å². The van der Waals surface area contributed by atoms with Gasteiger partial charge in [-0.1, -0.05) is 18.6 Å². The maximum atomic E-state index is 10.3. The number of carbonyl (C=O) groups excluding carboxylic acids is 1. The molecule has 1 aromatic carbocycles. The molecule has 0 saturated carbocycles. The molecule has 2 aliphatic heterocycles. The van der Waals surface area contributed by atoms with Crippen LogP contribution in [0.15, 0.2) is 24.3 Å². The van der Waals surface area contributed by atoms with Gasteiger partial charge < -0.3 is 19.7 Å². The third-order valence-electron chi connectivity index (χ3n) is 4.44. The Morgan fingerprint density at radius 2 is 1.95 bits per heavy atom. The molecule has 1 N–H and O–H groups in total. The number of anilines is 1. The molecule has 1 saturated heterocycles. The summed E-state index contributed by atoms with van der Waals surface area (Å²) in [5.41, 5.74) is 1.09. The lowest BCUT2D eigenvalue weighted by molar-refractivity contribution is -0.107. The summed E-state index contributed by atoms with van der Waals surface area (Å²) in [6.45, 7) is 5.38. The van der Waals surface area contributed by atoms with E-state index < -0.39 is 0 Å². The van der Waals surface area contributed by atoms with Gasteiger partial charge in [-0.2, -0.15) is 0 Å². The van der Waals surface area contributed by atoms with Gasteiger partial charge in [0.25, 0.3) is 0 Å². The summed E-state index contributed by atoms with van der Waals surface area (Å²) < 4.78 is 5.97. The van der Waals surface area contributed by atoms with Crippen molar-refractivity contribution < 1.29 is 9.53 Å². The molecule has 0 spiro atoms. The van der Waals surface area contributed by atoms with Gasteiger partial charge in [0.2, 0.25) is 6.35 Å². The highest BCUT2D eigenvalue weighted by Crippen LogP contribution is 2.32. The van der Waals surface area contributed by atoms with Gasteiger partial charge in [-0.15, -0.1) is 0 Å². The molecule has 5 heteroatoms. The number of ether oxygens (including phenoxy) is 1. The molecule has 1 aromatic rings. The molecule has 0 amide bonds. The van der Waals surface area contributed by atoms with Crippen LogP contribution in [0, 0.1) is 0 Å². The molecule has 2 aliphatic rings. The first kappa shape index (κ1) is 15.3. The van der Waals surface area contributed by atoms with Crippen LogP contribution >= 0.6 is 0 Å². The highest BCUT2D eigenvalue weighted by Gasteiger charge is 2.29. The number of carbonyl (C=O) groups is 1. The minimum absolute atomic E-state index is 0.0212. The number of hydrogen-bond donors (Lipinski definition) is 1. The molecule has 0 aromatic heterocycles. The zero-order valence-corrected chi connectivity index (χ0v) is 13.0. The molecule has 1 unspecified atom stereocenters. The van der Waals surface area contributed by atoms with Crippen molar-refractivity contribution in [2.75, 3.05) is 38.0 Å². The van der Waals surface area contributed by atoms with E-state index in [0.717, 1.165) is 63.3 Å². The summed E-state index contributed by atoms with van der Waals surface area (Å²) >= 11 is 0. The third kappa shape index (κ3) is 3.78. The fourth-order valence-electron chi connectivity index (χ4n) is 3.10. The van der Waals surface area contributed by atoms with Crippen LogP contribution in [0.3, 0.4) is 0 Å². The second-order valence-electron chi connectivity index (χ2n) is 6.00. The molecular weight excluding hydrogens is 278 g/mol. The normalized spacial score (nSPS) is 21.9.